The van der Waals surface area contributed by atoms with Gasteiger partial charge in [-0.1, -0.05) is 19.9 Å². The molecule has 1 atom stereocenters. The zero-order chi connectivity index (χ0) is 27.6. The Morgan fingerprint density at radius 1 is 0.947 bits per heavy atom. The summed E-state index contributed by atoms with van der Waals surface area (Å²) in [5.74, 6) is 0.174. The van der Waals surface area contributed by atoms with E-state index in [4.69, 9.17) is 18.9 Å². The Bertz CT molecular complexity index is 1350. The van der Waals surface area contributed by atoms with Crippen molar-refractivity contribution < 1.29 is 33.6 Å². The molecule has 2 aromatic carbocycles. The minimum atomic E-state index is -0.893. The molecule has 0 aliphatic carbocycles. The second-order valence-electron chi connectivity index (χ2n) is 9.08. The summed E-state index contributed by atoms with van der Waals surface area (Å²) in [6.45, 7) is 4.22. The minimum Gasteiger partial charge on any atom is -0.507 e. The number of Topliss-reactive ketones (excluding diaryl/α,β-unsaturated/α-hetero) is 1. The fourth-order valence-corrected chi connectivity index (χ4v) is 5.41. The van der Waals surface area contributed by atoms with Crippen molar-refractivity contribution in [1.29, 1.82) is 0 Å². The van der Waals surface area contributed by atoms with Gasteiger partial charge in [-0.2, -0.15) is 0 Å². The molecule has 1 saturated heterocycles. The molecule has 1 aliphatic rings. The topological polar surface area (TPSA) is 94.5 Å². The number of amides is 1. The van der Waals surface area contributed by atoms with Crippen LogP contribution in [0.2, 0.25) is 0 Å². The van der Waals surface area contributed by atoms with E-state index in [1.165, 1.54) is 37.6 Å². The summed E-state index contributed by atoms with van der Waals surface area (Å²) in [5.41, 5.74) is 1.81. The maximum Gasteiger partial charge on any atom is 0.295 e. The Hall–Kier alpha value is -3.98. The van der Waals surface area contributed by atoms with Gasteiger partial charge >= 0.3 is 0 Å². The molecule has 8 nitrogen and oxygen atoms in total. The van der Waals surface area contributed by atoms with E-state index in [-0.39, 0.29) is 23.8 Å². The molecule has 0 radical (unpaired) electrons. The van der Waals surface area contributed by atoms with Crippen LogP contribution in [0.5, 0.6) is 23.0 Å². The van der Waals surface area contributed by atoms with Gasteiger partial charge in [0.15, 0.2) is 11.5 Å². The number of carbonyl (C=O) groups is 2. The van der Waals surface area contributed by atoms with E-state index in [2.05, 4.69) is 0 Å². The van der Waals surface area contributed by atoms with Crippen LogP contribution in [0.3, 0.4) is 0 Å². The Morgan fingerprint density at radius 2 is 1.61 bits per heavy atom. The number of carbonyl (C=O) groups excluding carboxylic acids is 2. The fourth-order valence-electron chi connectivity index (χ4n) is 4.71. The zero-order valence-corrected chi connectivity index (χ0v) is 23.0. The van der Waals surface area contributed by atoms with Crippen LogP contribution in [0, 0.1) is 0 Å². The molecule has 0 saturated carbocycles. The predicted molar refractivity (Wildman–Crippen MR) is 145 cm³/mol. The maximum absolute atomic E-state index is 13.5. The number of thiophene rings is 1. The smallest absolute Gasteiger partial charge is 0.295 e. The molecule has 1 aromatic heterocycles. The molecule has 38 heavy (non-hydrogen) atoms. The van der Waals surface area contributed by atoms with Crippen LogP contribution in [0.4, 0.5) is 0 Å². The van der Waals surface area contributed by atoms with Crippen LogP contribution in [-0.4, -0.2) is 50.1 Å². The first-order valence-corrected chi connectivity index (χ1v) is 12.9. The van der Waals surface area contributed by atoms with E-state index in [9.17, 15) is 14.7 Å². The lowest BCUT2D eigenvalue weighted by molar-refractivity contribution is -0.140. The van der Waals surface area contributed by atoms with Crippen LogP contribution < -0.4 is 18.9 Å². The lowest BCUT2D eigenvalue weighted by Gasteiger charge is -2.26. The van der Waals surface area contributed by atoms with Crippen molar-refractivity contribution >= 4 is 28.8 Å². The molecule has 1 aliphatic heterocycles. The average Bonchev–Trinajstić information content (AvgIpc) is 3.53. The van der Waals surface area contributed by atoms with Gasteiger partial charge in [-0.05, 0) is 58.8 Å². The van der Waals surface area contributed by atoms with Crippen LogP contribution >= 0.6 is 11.3 Å². The maximum atomic E-state index is 13.5. The molecule has 9 heteroatoms. The van der Waals surface area contributed by atoms with Crippen LogP contribution in [-0.2, 0) is 16.1 Å². The second-order valence-corrected chi connectivity index (χ2v) is 10.1. The summed E-state index contributed by atoms with van der Waals surface area (Å²) in [6.07, 6.45) is 0. The highest BCUT2D eigenvalue weighted by molar-refractivity contribution is 7.09. The molecule has 1 unspecified atom stereocenters. The van der Waals surface area contributed by atoms with Gasteiger partial charge in [0.1, 0.15) is 11.5 Å². The molecule has 2 heterocycles. The first-order valence-electron chi connectivity index (χ1n) is 12.0. The molecule has 0 spiro atoms. The lowest BCUT2D eigenvalue weighted by Crippen LogP contribution is -2.29. The third-order valence-corrected chi connectivity index (χ3v) is 7.44. The number of ether oxygens (including phenoxy) is 4. The standard InChI is InChI=1S/C29H31NO7S/c1-16(2)20-12-17(9-10-21(20)34-3)26(31)24-25(18-13-22(35-4)28(37-6)23(14-18)36-5)30(29(33)27(24)32)15-19-8-7-11-38-19/h7-14,16,25,31H,15H2,1-6H3/b26-24+. The largest absolute Gasteiger partial charge is 0.507 e. The molecular weight excluding hydrogens is 506 g/mol. The highest BCUT2D eigenvalue weighted by Gasteiger charge is 2.46. The van der Waals surface area contributed by atoms with Crippen molar-refractivity contribution in [3.05, 3.63) is 75.0 Å². The SMILES string of the molecule is COc1ccc(/C(O)=C2\C(=O)C(=O)N(Cc3cccs3)C2c2cc(OC)c(OC)c(OC)c2)cc1C(C)C. The number of methoxy groups -OCH3 is 4. The average molecular weight is 538 g/mol. The quantitative estimate of drug-likeness (QED) is 0.218. The molecule has 1 amide bonds. The summed E-state index contributed by atoms with van der Waals surface area (Å²) in [5, 5.41) is 13.5. The Balaban J connectivity index is 1.96. The van der Waals surface area contributed by atoms with E-state index >= 15 is 0 Å². The predicted octanol–water partition coefficient (Wildman–Crippen LogP) is 5.53. The van der Waals surface area contributed by atoms with Gasteiger partial charge < -0.3 is 29.0 Å². The van der Waals surface area contributed by atoms with Crippen molar-refractivity contribution in [3.63, 3.8) is 0 Å². The van der Waals surface area contributed by atoms with Crippen molar-refractivity contribution in [1.82, 2.24) is 4.90 Å². The first kappa shape index (κ1) is 27.1. The summed E-state index contributed by atoms with van der Waals surface area (Å²) in [7, 11) is 6.07. The minimum absolute atomic E-state index is 0.0132. The van der Waals surface area contributed by atoms with Gasteiger partial charge in [0.05, 0.1) is 46.6 Å². The molecular formula is C29H31NO7S. The highest BCUT2D eigenvalue weighted by Crippen LogP contribution is 2.46. The van der Waals surface area contributed by atoms with E-state index in [0.717, 1.165) is 10.4 Å². The molecule has 1 N–H and O–H groups in total. The number of likely N-dealkylation sites (tertiary alicyclic amines) is 1. The number of nitrogens with zero attached hydrogens (tertiary/aromatic N) is 1. The molecule has 3 aromatic rings. The third kappa shape index (κ3) is 4.81. The number of hydrogen-bond donors (Lipinski definition) is 1. The van der Waals surface area contributed by atoms with Crippen LogP contribution in [0.25, 0.3) is 5.76 Å². The number of rotatable bonds is 9. The summed E-state index contributed by atoms with van der Waals surface area (Å²) < 4.78 is 22.0. The molecule has 1 fully saturated rings. The fraction of sp³-hybridized carbons (Fsp3) is 0.310. The van der Waals surface area contributed by atoms with Gasteiger partial charge in [-0.25, -0.2) is 0 Å². The zero-order valence-electron chi connectivity index (χ0n) is 22.2. The Labute approximate surface area is 226 Å². The van der Waals surface area contributed by atoms with Gasteiger partial charge in [0.25, 0.3) is 11.7 Å². The number of hydrogen-bond acceptors (Lipinski definition) is 8. The van der Waals surface area contributed by atoms with Crippen molar-refractivity contribution in [3.8, 4) is 23.0 Å². The monoisotopic (exact) mass is 537 g/mol. The van der Waals surface area contributed by atoms with Crippen molar-refractivity contribution in [2.75, 3.05) is 28.4 Å². The second kappa shape index (κ2) is 11.2. The highest BCUT2D eigenvalue weighted by atomic mass is 32.1. The number of benzene rings is 2. The summed E-state index contributed by atoms with van der Waals surface area (Å²) >= 11 is 1.48. The van der Waals surface area contributed by atoms with E-state index < -0.39 is 17.7 Å². The molecule has 200 valence electrons. The number of ketones is 1. The van der Waals surface area contributed by atoms with Gasteiger partial charge in [0.2, 0.25) is 5.75 Å². The summed E-state index contributed by atoms with van der Waals surface area (Å²) in [4.78, 5) is 29.3. The molecule has 4 rings (SSSR count). The molecule has 0 bridgehead atoms. The normalized spacial score (nSPS) is 16.7. The third-order valence-electron chi connectivity index (χ3n) is 6.57. The van der Waals surface area contributed by atoms with E-state index in [0.29, 0.717) is 34.1 Å². The van der Waals surface area contributed by atoms with Crippen LogP contribution in [0.1, 0.15) is 47.4 Å². The number of aliphatic hydroxyl groups excluding tert-OH is 1. The summed E-state index contributed by atoms with van der Waals surface area (Å²) in [6, 6.07) is 11.5. The number of aliphatic hydroxyl groups is 1. The Kier molecular flexibility index (Phi) is 7.97. The lowest BCUT2D eigenvalue weighted by atomic mass is 9.92. The van der Waals surface area contributed by atoms with Gasteiger partial charge in [-0.15, -0.1) is 11.3 Å². The first-order chi connectivity index (χ1) is 18.2. The van der Waals surface area contributed by atoms with Gasteiger partial charge in [-0.3, -0.25) is 9.59 Å². The van der Waals surface area contributed by atoms with Crippen LogP contribution in [0.15, 0.2) is 53.4 Å². The van der Waals surface area contributed by atoms with Crippen molar-refractivity contribution in [2.45, 2.75) is 32.4 Å². The van der Waals surface area contributed by atoms with E-state index in [1.807, 2.05) is 31.4 Å². The Morgan fingerprint density at radius 3 is 2.13 bits per heavy atom. The van der Waals surface area contributed by atoms with Crippen molar-refractivity contribution in [2.24, 2.45) is 0 Å². The van der Waals surface area contributed by atoms with Gasteiger partial charge in [0, 0.05) is 10.4 Å². The van der Waals surface area contributed by atoms with E-state index in [1.54, 1.807) is 37.4 Å².